The Morgan fingerprint density at radius 1 is 1.29 bits per heavy atom. The van der Waals surface area contributed by atoms with E-state index >= 15 is 0 Å². The third-order valence-corrected chi connectivity index (χ3v) is 4.01. The number of nitrogens with zero attached hydrogens (tertiary/aromatic N) is 1. The summed E-state index contributed by atoms with van der Waals surface area (Å²) in [7, 11) is 0. The molecule has 5 heteroatoms. The Kier molecular flexibility index (Phi) is 4.84. The maximum atomic E-state index is 12.5. The van der Waals surface area contributed by atoms with E-state index in [4.69, 9.17) is 5.73 Å². The third kappa shape index (κ3) is 3.85. The third-order valence-electron chi connectivity index (χ3n) is 4.01. The fraction of sp³-hybridized carbons (Fsp3) is 1.00. The summed E-state index contributed by atoms with van der Waals surface area (Å²) in [5.74, 6) is 0.610. The van der Waals surface area contributed by atoms with Crippen molar-refractivity contribution >= 4 is 0 Å². The summed E-state index contributed by atoms with van der Waals surface area (Å²) in [5, 5.41) is 0. The molecule has 2 nitrogen and oxygen atoms in total. The molecule has 1 aliphatic rings. The van der Waals surface area contributed by atoms with Gasteiger partial charge < -0.3 is 5.73 Å². The number of halogens is 3. The van der Waals surface area contributed by atoms with Crippen LogP contribution in [0.15, 0.2) is 0 Å². The van der Waals surface area contributed by atoms with E-state index in [1.54, 1.807) is 6.92 Å². The predicted octanol–water partition coefficient (Wildman–Crippen LogP) is 2.78. The molecule has 0 aliphatic heterocycles. The number of likely N-dealkylation sites (N-methyl/N-ethyl adjacent to an activating group) is 1. The second-order valence-corrected chi connectivity index (χ2v) is 5.24. The van der Waals surface area contributed by atoms with Gasteiger partial charge in [-0.3, -0.25) is 4.90 Å². The van der Waals surface area contributed by atoms with Crippen molar-refractivity contribution in [3.8, 4) is 0 Å². The van der Waals surface area contributed by atoms with Gasteiger partial charge in [0.1, 0.15) is 0 Å². The Bertz CT molecular complexity index is 232. The lowest BCUT2D eigenvalue weighted by molar-refractivity contribution is -0.161. The summed E-state index contributed by atoms with van der Waals surface area (Å²) in [6.07, 6.45) is -0.610. The monoisotopic (exact) mass is 252 g/mol. The van der Waals surface area contributed by atoms with Crippen molar-refractivity contribution in [1.29, 1.82) is 0 Å². The molecule has 17 heavy (non-hydrogen) atoms. The van der Waals surface area contributed by atoms with Crippen LogP contribution in [0.1, 0.15) is 39.5 Å². The van der Waals surface area contributed by atoms with Crippen molar-refractivity contribution in [2.45, 2.75) is 51.2 Å². The minimum absolute atomic E-state index is 0.323. The number of alkyl halides is 3. The molecular formula is C12H23F3N2. The largest absolute Gasteiger partial charge is 0.401 e. The minimum atomic E-state index is -4.14. The van der Waals surface area contributed by atoms with Gasteiger partial charge in [0.15, 0.2) is 0 Å². The first-order chi connectivity index (χ1) is 7.83. The highest BCUT2D eigenvalue weighted by Gasteiger charge is 2.42. The van der Waals surface area contributed by atoms with Gasteiger partial charge in [-0.25, -0.2) is 0 Å². The molecule has 0 unspecified atom stereocenters. The van der Waals surface area contributed by atoms with Gasteiger partial charge in [-0.2, -0.15) is 13.2 Å². The molecule has 1 fully saturated rings. The van der Waals surface area contributed by atoms with Crippen LogP contribution in [0.2, 0.25) is 0 Å². The molecule has 0 heterocycles. The molecule has 0 atom stereocenters. The average molecular weight is 252 g/mol. The van der Waals surface area contributed by atoms with E-state index in [9.17, 15) is 13.2 Å². The first kappa shape index (κ1) is 14.8. The fourth-order valence-electron chi connectivity index (χ4n) is 2.78. The Morgan fingerprint density at radius 2 is 1.82 bits per heavy atom. The fourth-order valence-corrected chi connectivity index (χ4v) is 2.78. The molecule has 0 saturated heterocycles. The van der Waals surface area contributed by atoms with Crippen molar-refractivity contribution in [2.75, 3.05) is 19.6 Å². The maximum Gasteiger partial charge on any atom is 0.401 e. The van der Waals surface area contributed by atoms with Crippen LogP contribution in [0.3, 0.4) is 0 Å². The van der Waals surface area contributed by atoms with Gasteiger partial charge in [0, 0.05) is 12.1 Å². The Balaban J connectivity index is 2.75. The van der Waals surface area contributed by atoms with Crippen LogP contribution in [-0.2, 0) is 0 Å². The van der Waals surface area contributed by atoms with Gasteiger partial charge >= 0.3 is 6.18 Å². The van der Waals surface area contributed by atoms with Gasteiger partial charge in [-0.05, 0) is 38.1 Å². The zero-order valence-corrected chi connectivity index (χ0v) is 10.7. The Hall–Kier alpha value is -0.290. The van der Waals surface area contributed by atoms with Crippen LogP contribution >= 0.6 is 0 Å². The molecule has 0 radical (unpaired) electrons. The summed E-state index contributed by atoms with van der Waals surface area (Å²) in [6, 6.07) is 0. The number of hydrogen-bond acceptors (Lipinski definition) is 2. The van der Waals surface area contributed by atoms with Gasteiger partial charge in [-0.1, -0.05) is 13.8 Å². The molecule has 1 saturated carbocycles. The smallest absolute Gasteiger partial charge is 0.329 e. The quantitative estimate of drug-likeness (QED) is 0.833. The van der Waals surface area contributed by atoms with E-state index in [0.29, 0.717) is 19.0 Å². The van der Waals surface area contributed by atoms with E-state index < -0.39 is 18.3 Å². The van der Waals surface area contributed by atoms with Crippen molar-refractivity contribution in [3.05, 3.63) is 0 Å². The lowest BCUT2D eigenvalue weighted by Crippen LogP contribution is -2.57. The molecule has 0 aromatic heterocycles. The van der Waals surface area contributed by atoms with E-state index in [0.717, 1.165) is 25.7 Å². The molecule has 1 rings (SSSR count). The predicted molar refractivity (Wildman–Crippen MR) is 62.7 cm³/mol. The SMILES string of the molecule is CCN(CC(F)(F)F)C1(CN)CCC(C)CC1. The number of rotatable bonds is 4. The van der Waals surface area contributed by atoms with Crippen LogP contribution < -0.4 is 5.73 Å². The van der Waals surface area contributed by atoms with Crippen molar-refractivity contribution < 1.29 is 13.2 Å². The maximum absolute atomic E-state index is 12.5. The summed E-state index contributed by atoms with van der Waals surface area (Å²) in [4.78, 5) is 1.53. The minimum Gasteiger partial charge on any atom is -0.329 e. The van der Waals surface area contributed by atoms with E-state index in [1.165, 1.54) is 4.90 Å². The average Bonchev–Trinajstić information content (AvgIpc) is 2.26. The molecular weight excluding hydrogens is 229 g/mol. The molecule has 1 aliphatic carbocycles. The molecule has 0 bridgehead atoms. The molecule has 0 spiro atoms. The van der Waals surface area contributed by atoms with E-state index in [-0.39, 0.29) is 0 Å². The summed E-state index contributed by atoms with van der Waals surface area (Å²) < 4.78 is 37.6. The van der Waals surface area contributed by atoms with Gasteiger partial charge in [0.05, 0.1) is 6.54 Å². The summed E-state index contributed by atoms with van der Waals surface area (Å²) in [5.41, 5.74) is 5.34. The molecule has 102 valence electrons. The highest BCUT2D eigenvalue weighted by atomic mass is 19.4. The van der Waals surface area contributed by atoms with Crippen molar-refractivity contribution in [3.63, 3.8) is 0 Å². The van der Waals surface area contributed by atoms with Crippen LogP contribution in [0.5, 0.6) is 0 Å². The van der Waals surface area contributed by atoms with Crippen LogP contribution in [0.25, 0.3) is 0 Å². The van der Waals surface area contributed by atoms with E-state index in [2.05, 4.69) is 6.92 Å². The Labute approximate surface area is 101 Å². The van der Waals surface area contributed by atoms with Crippen molar-refractivity contribution in [2.24, 2.45) is 11.7 Å². The first-order valence-corrected chi connectivity index (χ1v) is 6.35. The second-order valence-electron chi connectivity index (χ2n) is 5.24. The first-order valence-electron chi connectivity index (χ1n) is 6.35. The van der Waals surface area contributed by atoms with Gasteiger partial charge in [0.25, 0.3) is 0 Å². The molecule has 0 aromatic rings. The van der Waals surface area contributed by atoms with Gasteiger partial charge in [0.2, 0.25) is 0 Å². The normalized spacial score (nSPS) is 30.9. The lowest BCUT2D eigenvalue weighted by Gasteiger charge is -2.47. The summed E-state index contributed by atoms with van der Waals surface area (Å²) in [6.45, 7) is 3.82. The zero-order chi connectivity index (χ0) is 13.1. The van der Waals surface area contributed by atoms with Crippen LogP contribution in [0.4, 0.5) is 13.2 Å². The Morgan fingerprint density at radius 3 is 2.18 bits per heavy atom. The second kappa shape index (κ2) is 5.57. The van der Waals surface area contributed by atoms with Crippen molar-refractivity contribution in [1.82, 2.24) is 4.90 Å². The van der Waals surface area contributed by atoms with Gasteiger partial charge in [-0.15, -0.1) is 0 Å². The van der Waals surface area contributed by atoms with E-state index in [1.807, 2.05) is 0 Å². The van der Waals surface area contributed by atoms with Crippen LogP contribution in [-0.4, -0.2) is 36.2 Å². The highest BCUT2D eigenvalue weighted by Crippen LogP contribution is 2.37. The zero-order valence-electron chi connectivity index (χ0n) is 10.7. The molecule has 0 amide bonds. The molecule has 2 N–H and O–H groups in total. The topological polar surface area (TPSA) is 29.3 Å². The number of hydrogen-bond donors (Lipinski definition) is 1. The lowest BCUT2D eigenvalue weighted by atomic mass is 9.76. The highest BCUT2D eigenvalue weighted by molar-refractivity contribution is 4.95. The number of nitrogens with two attached hydrogens (primary N) is 1. The standard InChI is InChI=1S/C12H23F3N2/c1-3-17(9-12(13,14)15)11(8-16)6-4-10(2)5-7-11/h10H,3-9,16H2,1-2H3. The van der Waals surface area contributed by atoms with Crippen LogP contribution in [0, 0.1) is 5.92 Å². The summed E-state index contributed by atoms with van der Waals surface area (Å²) >= 11 is 0. The molecule has 0 aromatic carbocycles.